The Morgan fingerprint density at radius 1 is 1.18 bits per heavy atom. The fourth-order valence-electron chi connectivity index (χ4n) is 2.84. The van der Waals surface area contributed by atoms with Gasteiger partial charge in [-0.3, -0.25) is 9.10 Å². The molecule has 2 aromatic carbocycles. The first-order chi connectivity index (χ1) is 13.3. The summed E-state index contributed by atoms with van der Waals surface area (Å²) in [5.41, 5.74) is 1.06. The molecular weight excluding hydrogens is 396 g/mol. The molecule has 152 valence electrons. The topological polar surface area (TPSA) is 75.7 Å². The fraction of sp³-hybridized carbons (Fsp3) is 0.350. The molecule has 0 bridgehead atoms. The monoisotopic (exact) mass is 422 g/mol. The molecule has 2 aromatic rings. The molecule has 0 saturated carbocycles. The molecule has 0 spiro atoms. The first kappa shape index (κ1) is 22.1. The van der Waals surface area contributed by atoms with Gasteiger partial charge >= 0.3 is 0 Å². The van der Waals surface area contributed by atoms with Crippen LogP contribution in [-0.4, -0.2) is 39.5 Å². The summed E-state index contributed by atoms with van der Waals surface area (Å²) in [4.78, 5) is 13.9. The Bertz CT molecular complexity index is 899. The second-order valence-corrected chi connectivity index (χ2v) is 8.87. The first-order valence-corrected chi connectivity index (χ1v) is 12.0. The highest BCUT2D eigenvalue weighted by Gasteiger charge is 2.31. The van der Waals surface area contributed by atoms with E-state index in [1.54, 1.807) is 49.0 Å². The highest BCUT2D eigenvalue weighted by molar-refractivity contribution is 7.98. The van der Waals surface area contributed by atoms with Gasteiger partial charge in [-0.25, -0.2) is 8.42 Å². The number of nitrogens with zero attached hydrogens (tertiary/aromatic N) is 1. The van der Waals surface area contributed by atoms with E-state index in [1.807, 2.05) is 31.4 Å². The predicted molar refractivity (Wildman–Crippen MR) is 116 cm³/mol. The summed E-state index contributed by atoms with van der Waals surface area (Å²) >= 11 is 1.57. The quantitative estimate of drug-likeness (QED) is 0.619. The lowest BCUT2D eigenvalue weighted by Gasteiger charge is -2.30. The molecule has 2 rings (SSSR count). The van der Waals surface area contributed by atoms with Crippen molar-refractivity contribution in [3.8, 4) is 5.75 Å². The van der Waals surface area contributed by atoms with Crippen molar-refractivity contribution in [1.29, 1.82) is 0 Å². The third-order valence-electron chi connectivity index (χ3n) is 4.07. The molecule has 0 unspecified atom stereocenters. The van der Waals surface area contributed by atoms with E-state index in [0.717, 1.165) is 15.5 Å². The molecule has 6 nitrogen and oxygen atoms in total. The van der Waals surface area contributed by atoms with E-state index >= 15 is 0 Å². The van der Waals surface area contributed by atoms with Gasteiger partial charge in [0.1, 0.15) is 11.8 Å². The average molecular weight is 423 g/mol. The zero-order valence-corrected chi connectivity index (χ0v) is 18.1. The van der Waals surface area contributed by atoms with Crippen LogP contribution in [0.1, 0.15) is 20.3 Å². The van der Waals surface area contributed by atoms with Crippen LogP contribution < -0.4 is 14.4 Å². The van der Waals surface area contributed by atoms with Crippen LogP contribution in [0.25, 0.3) is 0 Å². The van der Waals surface area contributed by atoms with Crippen LogP contribution in [0, 0.1) is 0 Å². The summed E-state index contributed by atoms with van der Waals surface area (Å²) < 4.78 is 31.6. The van der Waals surface area contributed by atoms with E-state index in [0.29, 0.717) is 30.2 Å². The van der Waals surface area contributed by atoms with E-state index in [-0.39, 0.29) is 5.91 Å². The molecule has 0 aliphatic rings. The van der Waals surface area contributed by atoms with Gasteiger partial charge in [-0.15, -0.1) is 11.8 Å². The standard InChI is InChI=1S/C20H26N2O4S2/c1-5-19(20(23)21-15-8-7-9-18(14-15)27-3)22(28(4,24)25)16-10-12-17(13-11-16)26-6-2/h7-14,19H,5-6H2,1-4H3,(H,21,23)/t19-/m1/s1. The van der Waals surface area contributed by atoms with Crippen LogP contribution in [0.3, 0.4) is 0 Å². The molecule has 0 fully saturated rings. The minimum atomic E-state index is -3.68. The summed E-state index contributed by atoms with van der Waals surface area (Å²) in [6.45, 7) is 4.18. The number of ether oxygens (including phenoxy) is 1. The number of amides is 1. The molecule has 1 N–H and O–H groups in total. The van der Waals surface area contributed by atoms with E-state index in [1.165, 1.54) is 0 Å². The Morgan fingerprint density at radius 3 is 2.39 bits per heavy atom. The number of nitrogens with one attached hydrogen (secondary N) is 1. The predicted octanol–water partition coefficient (Wildman–Crippen LogP) is 3.99. The van der Waals surface area contributed by atoms with E-state index in [4.69, 9.17) is 4.74 Å². The zero-order valence-electron chi connectivity index (χ0n) is 16.5. The number of carbonyl (C=O) groups is 1. The van der Waals surface area contributed by atoms with Gasteiger partial charge in [0.2, 0.25) is 15.9 Å². The van der Waals surface area contributed by atoms with Gasteiger partial charge in [0.25, 0.3) is 0 Å². The van der Waals surface area contributed by atoms with Crippen molar-refractivity contribution in [1.82, 2.24) is 0 Å². The van der Waals surface area contributed by atoms with E-state index in [9.17, 15) is 13.2 Å². The Balaban J connectivity index is 2.32. The van der Waals surface area contributed by atoms with Crippen molar-refractivity contribution in [2.75, 3.05) is 28.7 Å². The molecule has 0 aliphatic heterocycles. The van der Waals surface area contributed by atoms with Gasteiger partial charge in [0.15, 0.2) is 0 Å². The third kappa shape index (κ3) is 5.65. The summed E-state index contributed by atoms with van der Waals surface area (Å²) in [7, 11) is -3.68. The Kier molecular flexibility index (Phi) is 7.77. The maximum atomic E-state index is 12.9. The third-order valence-corrected chi connectivity index (χ3v) is 5.97. The number of hydrogen-bond donors (Lipinski definition) is 1. The number of rotatable bonds is 9. The van der Waals surface area contributed by atoms with Crippen molar-refractivity contribution in [2.45, 2.75) is 31.2 Å². The van der Waals surface area contributed by atoms with Gasteiger partial charge in [-0.05, 0) is 62.1 Å². The van der Waals surface area contributed by atoms with Crippen LogP contribution in [0.5, 0.6) is 5.75 Å². The highest BCUT2D eigenvalue weighted by Crippen LogP contribution is 2.26. The molecule has 0 heterocycles. The molecule has 0 radical (unpaired) electrons. The number of thioether (sulfide) groups is 1. The molecule has 1 amide bonds. The number of benzene rings is 2. The summed E-state index contributed by atoms with van der Waals surface area (Å²) in [6, 6.07) is 13.3. The van der Waals surface area contributed by atoms with Crippen LogP contribution in [0.15, 0.2) is 53.4 Å². The molecule has 0 aliphatic carbocycles. The lowest BCUT2D eigenvalue weighted by Crippen LogP contribution is -2.47. The van der Waals surface area contributed by atoms with Gasteiger partial charge in [0, 0.05) is 10.6 Å². The Labute approximate surface area is 171 Å². The van der Waals surface area contributed by atoms with Gasteiger partial charge < -0.3 is 10.1 Å². The maximum absolute atomic E-state index is 12.9. The summed E-state index contributed by atoms with van der Waals surface area (Å²) in [5.74, 6) is 0.270. The molecule has 0 saturated heterocycles. The molecule has 0 aromatic heterocycles. The number of sulfonamides is 1. The Morgan fingerprint density at radius 2 is 1.86 bits per heavy atom. The van der Waals surface area contributed by atoms with Gasteiger partial charge in [-0.1, -0.05) is 13.0 Å². The van der Waals surface area contributed by atoms with Crippen molar-refractivity contribution < 1.29 is 17.9 Å². The minimum absolute atomic E-state index is 0.328. The van der Waals surface area contributed by atoms with Gasteiger partial charge in [0.05, 0.1) is 18.6 Å². The zero-order chi connectivity index (χ0) is 20.7. The fourth-order valence-corrected chi connectivity index (χ4v) is 4.51. The normalized spacial score (nSPS) is 12.3. The molecule has 1 atom stereocenters. The first-order valence-electron chi connectivity index (χ1n) is 8.97. The maximum Gasteiger partial charge on any atom is 0.248 e. The second-order valence-electron chi connectivity index (χ2n) is 6.13. The SMILES string of the molecule is CCOc1ccc(N([C@H](CC)C(=O)Nc2cccc(SC)c2)S(C)(=O)=O)cc1. The summed E-state index contributed by atoms with van der Waals surface area (Å²) in [6.07, 6.45) is 3.38. The van der Waals surface area contributed by atoms with Crippen molar-refractivity contribution in [2.24, 2.45) is 0 Å². The molecule has 8 heteroatoms. The second kappa shape index (κ2) is 9.84. The van der Waals surface area contributed by atoms with E-state index in [2.05, 4.69) is 5.32 Å². The molecule has 28 heavy (non-hydrogen) atoms. The summed E-state index contributed by atoms with van der Waals surface area (Å²) in [5, 5.41) is 2.84. The van der Waals surface area contributed by atoms with Crippen molar-refractivity contribution in [3.05, 3.63) is 48.5 Å². The minimum Gasteiger partial charge on any atom is -0.494 e. The Hall–Kier alpha value is -2.19. The smallest absolute Gasteiger partial charge is 0.248 e. The van der Waals surface area contributed by atoms with Crippen LogP contribution in [0.2, 0.25) is 0 Å². The van der Waals surface area contributed by atoms with Crippen LogP contribution >= 0.6 is 11.8 Å². The number of anilines is 2. The van der Waals surface area contributed by atoms with Crippen molar-refractivity contribution >= 4 is 39.1 Å². The molecular formula is C20H26N2O4S2. The lowest BCUT2D eigenvalue weighted by atomic mass is 10.1. The number of carbonyl (C=O) groups excluding carboxylic acids is 1. The van der Waals surface area contributed by atoms with Gasteiger partial charge in [-0.2, -0.15) is 0 Å². The highest BCUT2D eigenvalue weighted by atomic mass is 32.2. The van der Waals surface area contributed by atoms with Crippen molar-refractivity contribution in [3.63, 3.8) is 0 Å². The largest absolute Gasteiger partial charge is 0.494 e. The average Bonchev–Trinajstić information content (AvgIpc) is 2.66. The lowest BCUT2D eigenvalue weighted by molar-refractivity contribution is -0.117. The van der Waals surface area contributed by atoms with Crippen LogP contribution in [-0.2, 0) is 14.8 Å². The van der Waals surface area contributed by atoms with Crippen LogP contribution in [0.4, 0.5) is 11.4 Å². The number of hydrogen-bond acceptors (Lipinski definition) is 5. The van der Waals surface area contributed by atoms with E-state index < -0.39 is 16.1 Å².